The second kappa shape index (κ2) is 19.2. The van der Waals surface area contributed by atoms with Gasteiger partial charge in [0.1, 0.15) is 17.2 Å². The van der Waals surface area contributed by atoms with E-state index in [0.29, 0.717) is 29.1 Å². The highest BCUT2D eigenvalue weighted by Gasteiger charge is 2.29. The maximum atomic E-state index is 10.7. The molecule has 0 saturated carbocycles. The first-order valence-electron chi connectivity index (χ1n) is 17.5. The monoisotopic (exact) mass is 701 g/mol. The summed E-state index contributed by atoms with van der Waals surface area (Å²) in [5.41, 5.74) is 7.04. The molecule has 4 aromatic carbocycles. The van der Waals surface area contributed by atoms with Crippen LogP contribution in [-0.2, 0) is 21.7 Å². The lowest BCUT2D eigenvalue weighted by molar-refractivity contribution is 0.423. The van der Waals surface area contributed by atoms with Crippen LogP contribution in [0.5, 0.6) is 17.2 Å². The molecule has 0 unspecified atom stereocenters. The van der Waals surface area contributed by atoms with Crippen molar-refractivity contribution < 1.29 is 15.3 Å². The SMILES string of the molecule is C.C.C.CC(C)(C)c1cccc(C(C)(C)C)c1O.CC(C)(C)c1cccc(C(C)(C)c2ccccc2)c1O.CC(C)c1cccc(C(C)C)c1O. The third-order valence-corrected chi connectivity index (χ3v) is 9.01. The fourth-order valence-electron chi connectivity index (χ4n) is 5.93. The minimum absolute atomic E-state index is 0. The van der Waals surface area contributed by atoms with E-state index in [1.165, 1.54) is 5.56 Å². The molecule has 0 saturated heterocycles. The Hall–Kier alpha value is -3.72. The van der Waals surface area contributed by atoms with Gasteiger partial charge >= 0.3 is 0 Å². The molecule has 3 nitrogen and oxygen atoms in total. The van der Waals surface area contributed by atoms with E-state index < -0.39 is 0 Å². The standard InChI is InChI=1S/C19H24O.C14H22O.C12H18O.3CH4/c1-18(2,3)15-12-9-13-16(17(15)20)19(4,5)14-10-7-6-8-11-14;1-13(2,3)10-8-7-9-11(12(10)15)14(4,5)6;1-8(2)10-6-5-7-11(9(3)4)12(10)13;;;/h6-13,20H,1-5H3;7-9,15H,1-6H3;5-9,13H,1-4H3;3*1H4. The molecule has 0 aliphatic rings. The highest BCUT2D eigenvalue weighted by Crippen LogP contribution is 2.42. The Morgan fingerprint density at radius 1 is 0.373 bits per heavy atom. The topological polar surface area (TPSA) is 60.7 Å². The minimum Gasteiger partial charge on any atom is -0.507 e. The summed E-state index contributed by atoms with van der Waals surface area (Å²) in [4.78, 5) is 0. The molecule has 0 aliphatic heterocycles. The van der Waals surface area contributed by atoms with Crippen LogP contribution in [0.15, 0.2) is 84.9 Å². The molecule has 4 rings (SSSR count). The van der Waals surface area contributed by atoms with E-state index >= 15 is 0 Å². The average Bonchev–Trinajstić information content (AvgIpc) is 2.96. The van der Waals surface area contributed by atoms with Crippen LogP contribution in [0.1, 0.15) is 177 Å². The molecule has 4 aromatic rings. The van der Waals surface area contributed by atoms with Gasteiger partial charge in [-0.1, -0.05) is 211 Å². The number of rotatable bonds is 4. The van der Waals surface area contributed by atoms with Gasteiger partial charge in [-0.05, 0) is 61.5 Å². The lowest BCUT2D eigenvalue weighted by Gasteiger charge is -2.30. The van der Waals surface area contributed by atoms with Crippen LogP contribution in [0.4, 0.5) is 0 Å². The Bertz CT molecular complexity index is 1550. The minimum atomic E-state index is -0.216. The van der Waals surface area contributed by atoms with Gasteiger partial charge < -0.3 is 15.3 Å². The summed E-state index contributed by atoms with van der Waals surface area (Å²) in [6.45, 7) is 31.8. The third kappa shape index (κ3) is 12.8. The molecule has 0 radical (unpaired) electrons. The van der Waals surface area contributed by atoms with E-state index in [1.807, 2.05) is 72.8 Å². The Morgan fingerprint density at radius 3 is 0.980 bits per heavy atom. The molecule has 0 fully saturated rings. The largest absolute Gasteiger partial charge is 0.507 e. The molecular formula is C48H76O3. The second-order valence-electron chi connectivity index (χ2n) is 17.2. The van der Waals surface area contributed by atoms with E-state index in [0.717, 1.165) is 33.4 Å². The average molecular weight is 701 g/mol. The smallest absolute Gasteiger partial charge is 0.123 e. The van der Waals surface area contributed by atoms with E-state index in [4.69, 9.17) is 0 Å². The van der Waals surface area contributed by atoms with Crippen molar-refractivity contribution >= 4 is 0 Å². The molecule has 0 atom stereocenters. The molecule has 0 aliphatic carbocycles. The van der Waals surface area contributed by atoms with E-state index in [1.54, 1.807) is 0 Å². The van der Waals surface area contributed by atoms with Crippen molar-refractivity contribution in [1.29, 1.82) is 0 Å². The molecule has 0 heterocycles. The lowest BCUT2D eigenvalue weighted by Crippen LogP contribution is -2.21. The highest BCUT2D eigenvalue weighted by molar-refractivity contribution is 5.51. The number of phenolic OH excluding ortho intramolecular Hbond substituents is 3. The summed E-state index contributed by atoms with van der Waals surface area (Å²) in [7, 11) is 0. The number of hydrogen-bond acceptors (Lipinski definition) is 3. The molecular weight excluding hydrogens is 625 g/mol. The van der Waals surface area contributed by atoms with Crippen LogP contribution in [0, 0.1) is 0 Å². The van der Waals surface area contributed by atoms with Crippen LogP contribution in [0.25, 0.3) is 0 Å². The van der Waals surface area contributed by atoms with Gasteiger partial charge in [-0.2, -0.15) is 0 Å². The fraction of sp³-hybridized carbons (Fsp3) is 0.500. The summed E-state index contributed by atoms with van der Waals surface area (Å²) < 4.78 is 0. The molecule has 51 heavy (non-hydrogen) atoms. The van der Waals surface area contributed by atoms with Gasteiger partial charge in [-0.25, -0.2) is 0 Å². The molecule has 0 bridgehead atoms. The zero-order chi connectivity index (χ0) is 36.8. The Kier molecular flexibility index (Phi) is 18.6. The number of hydrogen-bond donors (Lipinski definition) is 3. The van der Waals surface area contributed by atoms with Gasteiger partial charge in [-0.3, -0.25) is 0 Å². The summed E-state index contributed by atoms with van der Waals surface area (Å²) in [5, 5.41) is 30.9. The summed E-state index contributed by atoms with van der Waals surface area (Å²) in [6, 6.07) is 28.5. The van der Waals surface area contributed by atoms with Crippen molar-refractivity contribution in [3.8, 4) is 17.2 Å². The van der Waals surface area contributed by atoms with Crippen molar-refractivity contribution in [3.05, 3.63) is 124 Å². The molecule has 3 heteroatoms. The van der Waals surface area contributed by atoms with Gasteiger partial charge in [0.15, 0.2) is 0 Å². The molecule has 0 aromatic heterocycles. The van der Waals surface area contributed by atoms with E-state index in [2.05, 4.69) is 116 Å². The maximum Gasteiger partial charge on any atom is 0.123 e. The zero-order valence-corrected chi connectivity index (χ0v) is 32.6. The first-order valence-corrected chi connectivity index (χ1v) is 17.5. The highest BCUT2D eigenvalue weighted by atomic mass is 16.3. The van der Waals surface area contributed by atoms with Crippen LogP contribution >= 0.6 is 0 Å². The Balaban J connectivity index is 0. The number of benzene rings is 4. The Morgan fingerprint density at radius 2 is 0.667 bits per heavy atom. The van der Waals surface area contributed by atoms with Crippen molar-refractivity contribution in [1.82, 2.24) is 0 Å². The molecule has 0 amide bonds. The predicted octanol–water partition coefficient (Wildman–Crippen LogP) is 14.6. The van der Waals surface area contributed by atoms with Crippen molar-refractivity contribution in [3.63, 3.8) is 0 Å². The van der Waals surface area contributed by atoms with Gasteiger partial charge in [0.25, 0.3) is 0 Å². The summed E-state index contributed by atoms with van der Waals surface area (Å²) >= 11 is 0. The normalized spacial score (nSPS) is 11.5. The second-order valence-corrected chi connectivity index (χ2v) is 17.2. The predicted molar refractivity (Wildman–Crippen MR) is 227 cm³/mol. The van der Waals surface area contributed by atoms with Crippen molar-refractivity contribution in [2.45, 2.75) is 160 Å². The van der Waals surface area contributed by atoms with Crippen molar-refractivity contribution in [2.24, 2.45) is 0 Å². The molecule has 3 N–H and O–H groups in total. The van der Waals surface area contributed by atoms with Crippen LogP contribution in [0.2, 0.25) is 0 Å². The maximum absolute atomic E-state index is 10.7. The Labute approximate surface area is 315 Å². The van der Waals surface area contributed by atoms with Crippen LogP contribution in [-0.4, -0.2) is 15.3 Å². The lowest BCUT2D eigenvalue weighted by atomic mass is 9.75. The first kappa shape index (κ1) is 49.4. The van der Waals surface area contributed by atoms with Gasteiger partial charge in [-0.15, -0.1) is 0 Å². The number of para-hydroxylation sites is 3. The number of aromatic hydroxyl groups is 3. The molecule has 0 spiro atoms. The quantitative estimate of drug-likeness (QED) is 0.199. The number of phenols is 3. The van der Waals surface area contributed by atoms with Crippen LogP contribution < -0.4 is 0 Å². The van der Waals surface area contributed by atoms with Gasteiger partial charge in [0, 0.05) is 11.0 Å². The summed E-state index contributed by atoms with van der Waals surface area (Å²) in [6.07, 6.45) is 0. The fourth-order valence-corrected chi connectivity index (χ4v) is 5.93. The summed E-state index contributed by atoms with van der Waals surface area (Å²) in [5.74, 6) is 2.14. The van der Waals surface area contributed by atoms with Gasteiger partial charge in [0.2, 0.25) is 0 Å². The van der Waals surface area contributed by atoms with E-state index in [-0.39, 0.29) is 43.9 Å². The van der Waals surface area contributed by atoms with Crippen LogP contribution in [0.3, 0.4) is 0 Å². The first-order chi connectivity index (χ1) is 21.9. The van der Waals surface area contributed by atoms with Gasteiger partial charge in [0.05, 0.1) is 0 Å². The van der Waals surface area contributed by atoms with Crippen molar-refractivity contribution in [2.75, 3.05) is 0 Å². The third-order valence-electron chi connectivity index (χ3n) is 9.01. The van der Waals surface area contributed by atoms with E-state index in [9.17, 15) is 15.3 Å². The zero-order valence-electron chi connectivity index (χ0n) is 32.6. The molecule has 286 valence electrons.